The van der Waals surface area contributed by atoms with E-state index in [1.807, 2.05) is 6.08 Å². The predicted molar refractivity (Wildman–Crippen MR) is 207 cm³/mol. The minimum atomic E-state index is -1.03. The first-order valence-electron chi connectivity index (χ1n) is 21.5. The first kappa shape index (κ1) is 47.5. The summed E-state index contributed by atoms with van der Waals surface area (Å²) >= 11 is 0. The Morgan fingerprint density at radius 1 is 0.588 bits per heavy atom. The van der Waals surface area contributed by atoms with Crippen LogP contribution in [0.3, 0.4) is 0 Å². The summed E-state index contributed by atoms with van der Waals surface area (Å²) in [6.45, 7) is 4.05. The quantitative estimate of drug-likeness (QED) is 0.0289. The molecule has 0 aromatic rings. The summed E-state index contributed by atoms with van der Waals surface area (Å²) in [6, 6.07) is 0. The minimum absolute atomic E-state index is 0.0292. The Morgan fingerprint density at radius 3 is 1.47 bits per heavy atom. The molecule has 0 aromatic carbocycles. The average Bonchev–Trinajstić information content (AvgIpc) is 3.39. The van der Waals surface area contributed by atoms with Gasteiger partial charge in [0.1, 0.15) is 19.3 Å². The lowest BCUT2D eigenvalue weighted by Gasteiger charge is -2.21. The third kappa shape index (κ3) is 26.9. The Balaban J connectivity index is 1.97. The van der Waals surface area contributed by atoms with Gasteiger partial charge in [-0.05, 0) is 31.6 Å². The van der Waals surface area contributed by atoms with E-state index in [0.717, 1.165) is 70.6 Å². The third-order valence-corrected chi connectivity index (χ3v) is 10.6. The SMILES string of the molecule is CCCCCCCCCCCCCCCCCCCC(=O)OC[C@H](O)COC(=O)CCCCCC[C@@H]1[C@@H](/C=C/[C@@H](O)CCCCC)[C@H](O)C[C@@H]1O. The van der Waals surface area contributed by atoms with E-state index < -0.39 is 24.4 Å². The zero-order valence-corrected chi connectivity index (χ0v) is 33.0. The third-order valence-electron chi connectivity index (χ3n) is 10.6. The molecule has 1 aliphatic rings. The maximum atomic E-state index is 12.1. The van der Waals surface area contributed by atoms with Gasteiger partial charge in [-0.3, -0.25) is 9.59 Å². The number of rotatable bonds is 35. The average molecular weight is 725 g/mol. The molecule has 1 aliphatic carbocycles. The molecule has 0 bridgehead atoms. The summed E-state index contributed by atoms with van der Waals surface area (Å²) in [4.78, 5) is 24.1. The number of aliphatic hydroxyl groups is 4. The summed E-state index contributed by atoms with van der Waals surface area (Å²) in [6.07, 6.45) is 32.0. The summed E-state index contributed by atoms with van der Waals surface area (Å²) in [7, 11) is 0. The summed E-state index contributed by atoms with van der Waals surface area (Å²) in [5.74, 6) is -0.868. The van der Waals surface area contributed by atoms with E-state index in [1.165, 1.54) is 89.9 Å². The van der Waals surface area contributed by atoms with Gasteiger partial charge in [0, 0.05) is 25.2 Å². The van der Waals surface area contributed by atoms with Crippen molar-refractivity contribution in [2.75, 3.05) is 13.2 Å². The molecule has 0 amide bonds. The summed E-state index contributed by atoms with van der Waals surface area (Å²) in [5, 5.41) is 41.2. The Hall–Kier alpha value is -1.48. The maximum absolute atomic E-state index is 12.1. The monoisotopic (exact) mass is 725 g/mol. The molecule has 1 fully saturated rings. The highest BCUT2D eigenvalue weighted by Gasteiger charge is 2.39. The van der Waals surface area contributed by atoms with Gasteiger partial charge in [0.25, 0.3) is 0 Å². The van der Waals surface area contributed by atoms with Crippen molar-refractivity contribution < 1.29 is 39.5 Å². The van der Waals surface area contributed by atoms with E-state index >= 15 is 0 Å². The van der Waals surface area contributed by atoms with E-state index in [4.69, 9.17) is 9.47 Å². The van der Waals surface area contributed by atoms with Crippen LogP contribution in [-0.4, -0.2) is 70.0 Å². The van der Waals surface area contributed by atoms with Crippen molar-refractivity contribution in [3.8, 4) is 0 Å². The van der Waals surface area contributed by atoms with Crippen molar-refractivity contribution in [2.45, 2.75) is 224 Å². The van der Waals surface area contributed by atoms with Crippen molar-refractivity contribution in [3.63, 3.8) is 0 Å². The van der Waals surface area contributed by atoms with Gasteiger partial charge in [-0.2, -0.15) is 0 Å². The second kappa shape index (κ2) is 33.1. The van der Waals surface area contributed by atoms with Gasteiger partial charge in [0.15, 0.2) is 0 Å². The number of carbonyl (C=O) groups is 2. The number of carbonyl (C=O) groups excluding carboxylic acids is 2. The van der Waals surface area contributed by atoms with Gasteiger partial charge in [0.05, 0.1) is 18.3 Å². The number of aliphatic hydroxyl groups excluding tert-OH is 4. The lowest BCUT2D eigenvalue weighted by atomic mass is 9.88. The van der Waals surface area contributed by atoms with E-state index in [2.05, 4.69) is 13.8 Å². The molecule has 6 atom stereocenters. The molecular weight excluding hydrogens is 644 g/mol. The predicted octanol–water partition coefficient (Wildman–Crippen LogP) is 9.67. The molecule has 0 saturated heterocycles. The fourth-order valence-electron chi connectivity index (χ4n) is 7.30. The van der Waals surface area contributed by atoms with Gasteiger partial charge in [-0.1, -0.05) is 167 Å². The van der Waals surface area contributed by atoms with E-state index in [0.29, 0.717) is 19.3 Å². The molecule has 0 spiro atoms. The zero-order chi connectivity index (χ0) is 37.4. The van der Waals surface area contributed by atoms with Crippen LogP contribution in [0.1, 0.15) is 200 Å². The van der Waals surface area contributed by atoms with Crippen LogP contribution in [0.25, 0.3) is 0 Å². The van der Waals surface area contributed by atoms with Gasteiger partial charge in [-0.25, -0.2) is 0 Å². The number of esters is 2. The number of hydrogen-bond acceptors (Lipinski definition) is 8. The number of ether oxygens (including phenoxy) is 2. The van der Waals surface area contributed by atoms with Crippen molar-refractivity contribution in [3.05, 3.63) is 12.2 Å². The van der Waals surface area contributed by atoms with Crippen LogP contribution in [0.2, 0.25) is 0 Å². The van der Waals surface area contributed by atoms with Crippen LogP contribution in [0, 0.1) is 11.8 Å². The zero-order valence-electron chi connectivity index (χ0n) is 33.0. The van der Waals surface area contributed by atoms with Crippen molar-refractivity contribution >= 4 is 11.9 Å². The second-order valence-electron chi connectivity index (χ2n) is 15.4. The van der Waals surface area contributed by atoms with Crippen LogP contribution in [0.4, 0.5) is 0 Å². The highest BCUT2D eigenvalue weighted by molar-refractivity contribution is 5.69. The van der Waals surface area contributed by atoms with Crippen LogP contribution >= 0.6 is 0 Å². The molecule has 8 heteroatoms. The van der Waals surface area contributed by atoms with Crippen LogP contribution in [0.15, 0.2) is 12.2 Å². The highest BCUT2D eigenvalue weighted by atomic mass is 16.6. The highest BCUT2D eigenvalue weighted by Crippen LogP contribution is 2.37. The lowest BCUT2D eigenvalue weighted by molar-refractivity contribution is -0.152. The van der Waals surface area contributed by atoms with Crippen LogP contribution in [-0.2, 0) is 19.1 Å². The molecule has 51 heavy (non-hydrogen) atoms. The fraction of sp³-hybridized carbons (Fsp3) is 0.907. The maximum Gasteiger partial charge on any atom is 0.305 e. The molecule has 0 aliphatic heterocycles. The standard InChI is InChI=1S/C43H80O8/c1-3-5-7-8-9-10-11-12-13-14-15-16-17-18-19-20-25-29-42(48)50-34-37(45)35-51-43(49)30-26-22-21-24-28-38-39(41(47)33-40(38)46)32-31-36(44)27-23-6-4-2/h31-32,36-41,44-47H,3-30,33-35H2,1-2H3/b32-31+/t36-,37-,38+,39+,40-,41+/m0/s1. The number of hydrogen-bond donors (Lipinski definition) is 4. The van der Waals surface area contributed by atoms with E-state index in [-0.39, 0.29) is 43.4 Å². The van der Waals surface area contributed by atoms with Crippen LogP contribution in [0.5, 0.6) is 0 Å². The van der Waals surface area contributed by atoms with Gasteiger partial charge in [-0.15, -0.1) is 0 Å². The first-order chi connectivity index (χ1) is 24.8. The molecule has 300 valence electrons. The molecule has 1 rings (SSSR count). The number of unbranched alkanes of at least 4 members (excludes halogenated alkanes) is 21. The largest absolute Gasteiger partial charge is 0.463 e. The molecule has 0 heterocycles. The van der Waals surface area contributed by atoms with Crippen molar-refractivity contribution in [1.82, 2.24) is 0 Å². The second-order valence-corrected chi connectivity index (χ2v) is 15.4. The molecule has 0 radical (unpaired) electrons. The minimum Gasteiger partial charge on any atom is -0.463 e. The van der Waals surface area contributed by atoms with E-state index in [9.17, 15) is 30.0 Å². The normalized spacial score (nSPS) is 20.2. The van der Waals surface area contributed by atoms with Crippen LogP contribution < -0.4 is 0 Å². The van der Waals surface area contributed by atoms with Gasteiger partial charge in [0.2, 0.25) is 0 Å². The first-order valence-corrected chi connectivity index (χ1v) is 21.5. The Labute approximate surface area is 312 Å². The fourth-order valence-corrected chi connectivity index (χ4v) is 7.30. The van der Waals surface area contributed by atoms with E-state index in [1.54, 1.807) is 6.08 Å². The molecule has 8 nitrogen and oxygen atoms in total. The summed E-state index contributed by atoms with van der Waals surface area (Å²) < 4.78 is 10.3. The smallest absolute Gasteiger partial charge is 0.305 e. The van der Waals surface area contributed by atoms with Crippen molar-refractivity contribution in [1.29, 1.82) is 0 Å². The van der Waals surface area contributed by atoms with Gasteiger partial charge < -0.3 is 29.9 Å². The Kier molecular flexibility index (Phi) is 30.9. The molecule has 0 aromatic heterocycles. The lowest BCUT2D eigenvalue weighted by Crippen LogP contribution is -2.25. The van der Waals surface area contributed by atoms with Gasteiger partial charge >= 0.3 is 11.9 Å². The molecule has 4 N–H and O–H groups in total. The Bertz CT molecular complexity index is 848. The van der Waals surface area contributed by atoms with Crippen molar-refractivity contribution in [2.24, 2.45) is 11.8 Å². The Morgan fingerprint density at radius 2 is 1.00 bits per heavy atom. The molecule has 1 saturated carbocycles. The topological polar surface area (TPSA) is 134 Å². The molecule has 0 unspecified atom stereocenters. The summed E-state index contributed by atoms with van der Waals surface area (Å²) in [5.41, 5.74) is 0. The molecular formula is C43H80O8.